The summed E-state index contributed by atoms with van der Waals surface area (Å²) < 4.78 is 77.2. The lowest BCUT2D eigenvalue weighted by molar-refractivity contribution is -0.137. The molecule has 9 unspecified atom stereocenters. The molecule has 0 bridgehead atoms. The van der Waals surface area contributed by atoms with E-state index in [1.54, 1.807) is 0 Å². The molecule has 0 spiro atoms. The van der Waals surface area contributed by atoms with Crippen LogP contribution in [-0.2, 0) is 59.8 Å². The maximum atomic E-state index is 12.7. The number of imidazole rings is 1. The number of nitrogens with one attached hydrogen (secondary N) is 2. The Balaban J connectivity index is 1.46. The van der Waals surface area contributed by atoms with Crippen molar-refractivity contribution < 1.29 is 99.4 Å². The van der Waals surface area contributed by atoms with Crippen molar-refractivity contribution in [1.82, 2.24) is 30.2 Å². The summed E-state index contributed by atoms with van der Waals surface area (Å²) in [4.78, 5) is 105. The number of amides is 2. The first kappa shape index (κ1) is 51.0. The fourth-order valence-electron chi connectivity index (χ4n) is 4.85. The molecule has 1 aliphatic heterocycles. The zero-order valence-electron chi connectivity index (χ0n) is 31.0. The van der Waals surface area contributed by atoms with Gasteiger partial charge in [0.05, 0.1) is 25.6 Å². The molecule has 0 saturated carbocycles. The fraction of sp³-hybridized carbons (Fsp3) is 0.680. The van der Waals surface area contributed by atoms with Crippen LogP contribution in [0.2, 0.25) is 0 Å². The number of hydrogen-bond acceptors (Lipinski definition) is 21. The van der Waals surface area contributed by atoms with E-state index in [4.69, 9.17) is 35.0 Å². The molecule has 1 fully saturated rings. The molecule has 1 aliphatic rings. The number of rotatable bonds is 23. The van der Waals surface area contributed by atoms with Gasteiger partial charge >= 0.3 is 31.3 Å². The van der Waals surface area contributed by atoms with Gasteiger partial charge in [0, 0.05) is 30.7 Å². The fourth-order valence-corrected chi connectivity index (χ4v) is 9.03. The molecule has 336 valence electrons. The van der Waals surface area contributed by atoms with Gasteiger partial charge in [0.1, 0.15) is 42.3 Å². The molecular weight excluding hydrogens is 904 g/mol. The second-order valence-electron chi connectivity index (χ2n) is 13.1. The monoisotopic (exact) mass is 948 g/mol. The number of nitrogens with zero attached hydrogens (tertiary/aromatic N) is 4. The van der Waals surface area contributed by atoms with Crippen molar-refractivity contribution in [2.45, 2.75) is 70.0 Å². The van der Waals surface area contributed by atoms with E-state index in [9.17, 15) is 62.4 Å². The molecule has 59 heavy (non-hydrogen) atoms. The van der Waals surface area contributed by atoms with Gasteiger partial charge in [-0.15, -0.1) is 0 Å². The third kappa shape index (κ3) is 15.8. The van der Waals surface area contributed by atoms with Gasteiger partial charge in [-0.1, -0.05) is 25.6 Å². The van der Waals surface area contributed by atoms with E-state index in [-0.39, 0.29) is 42.2 Å². The van der Waals surface area contributed by atoms with Crippen molar-refractivity contribution in [2.75, 3.05) is 37.8 Å². The summed E-state index contributed by atoms with van der Waals surface area (Å²) >= 11 is 0.675. The number of anilines is 1. The first-order valence-corrected chi connectivity index (χ1v) is 23.6. The molecule has 2 aromatic heterocycles. The number of fused-ring (bicyclic) bond motifs is 1. The van der Waals surface area contributed by atoms with Crippen molar-refractivity contribution in [1.29, 1.82) is 0 Å². The quantitative estimate of drug-likeness (QED) is 0.0404. The van der Waals surface area contributed by atoms with E-state index in [0.29, 0.717) is 11.8 Å². The molecule has 9 atom stereocenters. The number of nitrogen functional groups attached to an aromatic ring is 1. The van der Waals surface area contributed by atoms with Crippen LogP contribution >= 0.6 is 43.1 Å². The van der Waals surface area contributed by atoms with Crippen molar-refractivity contribution in [3.63, 3.8) is 0 Å². The van der Waals surface area contributed by atoms with E-state index in [2.05, 4.69) is 38.9 Å². The highest BCUT2D eigenvalue weighted by Crippen LogP contribution is 2.61. The van der Waals surface area contributed by atoms with Gasteiger partial charge in [0.25, 0.3) is 0 Å². The molecule has 0 aromatic carbocycles. The third-order valence-corrected chi connectivity index (χ3v) is 12.5. The predicted molar refractivity (Wildman–Crippen MR) is 198 cm³/mol. The van der Waals surface area contributed by atoms with Crippen LogP contribution in [0.1, 0.15) is 33.4 Å². The highest BCUT2D eigenvalue weighted by atomic mass is 32.2. The number of hydrogen-bond donors (Lipinski definition) is 12. The number of phosphoric acid groups is 4. The van der Waals surface area contributed by atoms with Crippen molar-refractivity contribution in [3.05, 3.63) is 12.7 Å². The number of carbonyl (C=O) groups is 3. The minimum atomic E-state index is -5.61. The van der Waals surface area contributed by atoms with Gasteiger partial charge in [-0.2, -0.15) is 4.31 Å². The molecule has 3 heterocycles. The van der Waals surface area contributed by atoms with Gasteiger partial charge in [0.2, 0.25) is 16.9 Å². The lowest BCUT2D eigenvalue weighted by Gasteiger charge is -2.30. The Kier molecular flexibility index (Phi) is 17.9. The van der Waals surface area contributed by atoms with E-state index in [1.165, 1.54) is 20.8 Å². The van der Waals surface area contributed by atoms with Crippen LogP contribution in [0.25, 0.3) is 11.2 Å². The Labute approximate surface area is 337 Å². The first-order chi connectivity index (χ1) is 27.0. The largest absolute Gasteiger partial charge is 0.481 e. The molecule has 14 N–H and O–H groups in total. The zero-order valence-corrected chi connectivity index (χ0v) is 35.4. The summed E-state index contributed by atoms with van der Waals surface area (Å²) in [6, 6.07) is -1.36. The number of ether oxygens (including phenoxy) is 1. The smallest absolute Gasteiger partial charge is 0.386 e. The van der Waals surface area contributed by atoms with Crippen LogP contribution in [-0.4, -0.2) is 145 Å². The number of aromatic nitrogens is 4. The summed E-state index contributed by atoms with van der Waals surface area (Å²) in [5.41, 5.74) is 9.76. The van der Waals surface area contributed by atoms with Gasteiger partial charge in [0.15, 0.2) is 17.7 Å². The lowest BCUT2D eigenvalue weighted by atomic mass is 9.87. The maximum Gasteiger partial charge on any atom is 0.481 e. The summed E-state index contributed by atoms with van der Waals surface area (Å²) in [5.74, 6) is -1.67. The average Bonchev–Trinajstić information content (AvgIpc) is 3.66. The highest BCUT2D eigenvalue weighted by Gasteiger charge is 2.50. The molecule has 3 rings (SSSR count). The van der Waals surface area contributed by atoms with Crippen LogP contribution in [0, 0.1) is 5.41 Å². The van der Waals surface area contributed by atoms with E-state index < -0.39 is 110 Å². The summed E-state index contributed by atoms with van der Waals surface area (Å²) in [6.07, 6.45) is -8.54. The molecule has 34 heteroatoms. The van der Waals surface area contributed by atoms with Gasteiger partial charge < -0.3 is 66.4 Å². The van der Waals surface area contributed by atoms with Crippen LogP contribution in [0.5, 0.6) is 0 Å². The van der Waals surface area contributed by atoms with Crippen molar-refractivity contribution >= 4 is 77.0 Å². The lowest BCUT2D eigenvalue weighted by Crippen LogP contribution is -2.46. The summed E-state index contributed by atoms with van der Waals surface area (Å²) in [6.45, 7) is 1.16. The van der Waals surface area contributed by atoms with Gasteiger partial charge in [-0.3, -0.25) is 37.0 Å². The Morgan fingerprint density at radius 3 is 2.27 bits per heavy atom. The molecule has 1 saturated heterocycles. The minimum absolute atomic E-state index is 0.0106. The Morgan fingerprint density at radius 1 is 1.00 bits per heavy atom. The number of phosphoric ester groups is 4. The van der Waals surface area contributed by atoms with Crippen LogP contribution < -0.4 is 22.1 Å². The van der Waals surface area contributed by atoms with E-state index >= 15 is 0 Å². The standard InChI is InChI=1S/C25H44N8O21P4S/c1-12(52-55(39,40)41)15(26)24(38)59-7-6-28-14(34)4-5-29-22(37)19(36)25(2,3)9-50-58(47,48)54-57(45,46)49-8-13-18(53-56(42,43)44)17(35)23(51-13)33-11-32-16-20(27)30-10-31-21(16)33/h10-13,15,17-19,23,35-36H,4-9,26H2,1-3H3,(H,28,34)(H,29,37)(H,45,46)(H,47,48)(H2,27,30,31)(H2,39,40,41)(H2,42,43,44). The Bertz CT molecular complexity index is 2000. The van der Waals surface area contributed by atoms with Crippen molar-refractivity contribution in [2.24, 2.45) is 11.1 Å². The minimum Gasteiger partial charge on any atom is -0.386 e. The summed E-state index contributed by atoms with van der Waals surface area (Å²) in [7, 11) is -21.4. The molecule has 2 aromatic rings. The van der Waals surface area contributed by atoms with Crippen LogP contribution in [0.3, 0.4) is 0 Å². The second-order valence-corrected chi connectivity index (χ2v) is 19.6. The third-order valence-electron chi connectivity index (χ3n) is 7.83. The topological polar surface area (TPSA) is 456 Å². The molecule has 0 aliphatic carbocycles. The zero-order chi connectivity index (χ0) is 44.7. The molecule has 2 amide bonds. The highest BCUT2D eigenvalue weighted by molar-refractivity contribution is 8.13. The van der Waals surface area contributed by atoms with Gasteiger partial charge in [-0.25, -0.2) is 33.2 Å². The normalized spacial score (nSPS) is 22.6. The number of aliphatic hydroxyl groups excluding tert-OH is 2. The first-order valence-electron chi connectivity index (χ1n) is 16.6. The Hall–Kier alpha value is -2.37. The SMILES string of the molecule is CC(OP(=O)(O)O)C(N)C(=O)SCCNC(=O)CCNC(=O)C(O)C(C)(C)COP(=O)(O)OP(=O)(O)OCC1OC(n2cnc3c(N)ncnc32)C(O)C1OP(=O)(O)O. The average molecular weight is 949 g/mol. The van der Waals surface area contributed by atoms with E-state index in [1.807, 2.05) is 0 Å². The Morgan fingerprint density at radius 2 is 1.64 bits per heavy atom. The molecule has 0 radical (unpaired) electrons. The van der Waals surface area contributed by atoms with Crippen LogP contribution in [0.15, 0.2) is 12.7 Å². The van der Waals surface area contributed by atoms with E-state index in [0.717, 1.165) is 17.2 Å². The number of aliphatic hydroxyl groups is 2. The van der Waals surface area contributed by atoms with Crippen molar-refractivity contribution in [3.8, 4) is 0 Å². The predicted octanol–water partition coefficient (Wildman–Crippen LogP) is -2.51. The number of carbonyl (C=O) groups excluding carboxylic acids is 3. The maximum absolute atomic E-state index is 12.7. The molecular formula is C25H44N8O21P4S. The second kappa shape index (κ2) is 20.7. The molecule has 29 nitrogen and oxygen atoms in total. The van der Waals surface area contributed by atoms with Crippen LogP contribution in [0.4, 0.5) is 5.82 Å². The van der Waals surface area contributed by atoms with Gasteiger partial charge in [-0.05, 0) is 6.92 Å². The number of nitrogens with two attached hydrogens (primary N) is 2. The summed E-state index contributed by atoms with van der Waals surface area (Å²) in [5, 5.41) is 25.5. The number of thioether (sulfide) groups is 1.